The van der Waals surface area contributed by atoms with Gasteiger partial charge in [-0.2, -0.15) is 0 Å². The van der Waals surface area contributed by atoms with Crippen LogP contribution in [-0.4, -0.2) is 15.6 Å². The molecule has 1 aromatic rings. The smallest absolute Gasteiger partial charge is 0.352 e. The van der Waals surface area contributed by atoms with E-state index in [9.17, 15) is 4.79 Å². The molecule has 1 heterocycles. The summed E-state index contributed by atoms with van der Waals surface area (Å²) in [6.45, 7) is 8.09. The second-order valence-electron chi connectivity index (χ2n) is 4.12. The highest BCUT2D eigenvalue weighted by atomic mass is 16.4. The first-order chi connectivity index (χ1) is 6.43. The molecule has 0 aliphatic carbocycles. The minimum absolute atomic E-state index is 0.189. The molecule has 0 bridgehead atoms. The van der Waals surface area contributed by atoms with Crippen molar-refractivity contribution in [3.8, 4) is 0 Å². The van der Waals surface area contributed by atoms with Crippen LogP contribution in [0.15, 0.2) is 12.3 Å². The fraction of sp³-hybridized carbons (Fsp3) is 0.545. The van der Waals surface area contributed by atoms with Crippen molar-refractivity contribution in [3.05, 3.63) is 23.5 Å². The highest BCUT2D eigenvalue weighted by Gasteiger charge is 2.15. The molecule has 0 fully saturated rings. The van der Waals surface area contributed by atoms with E-state index in [1.807, 2.05) is 20.0 Å². The number of rotatable bonds is 3. The molecule has 1 N–H and O–H groups in total. The van der Waals surface area contributed by atoms with Crippen LogP contribution in [0, 0.1) is 0 Å². The normalized spacial score (nSPS) is 11.3. The summed E-state index contributed by atoms with van der Waals surface area (Å²) in [7, 11) is 0. The number of aromatic carboxylic acids is 1. The van der Waals surface area contributed by atoms with Crippen LogP contribution in [0.3, 0.4) is 0 Å². The highest BCUT2D eigenvalue weighted by Crippen LogP contribution is 2.21. The number of carbonyl (C=O) groups is 1. The number of aromatic nitrogens is 1. The summed E-state index contributed by atoms with van der Waals surface area (Å²) in [5.74, 6) is -0.487. The molecule has 0 atom stereocenters. The molecule has 0 aliphatic rings. The number of hydrogen-bond acceptors (Lipinski definition) is 1. The summed E-state index contributed by atoms with van der Waals surface area (Å²) in [6, 6.07) is 1.95. The maximum absolute atomic E-state index is 10.9. The Morgan fingerprint density at radius 1 is 1.36 bits per heavy atom. The van der Waals surface area contributed by atoms with Gasteiger partial charge in [0.05, 0.1) is 0 Å². The highest BCUT2D eigenvalue weighted by molar-refractivity contribution is 5.86. The van der Waals surface area contributed by atoms with E-state index in [1.165, 1.54) is 0 Å². The van der Waals surface area contributed by atoms with Gasteiger partial charge in [-0.05, 0) is 31.4 Å². The summed E-state index contributed by atoms with van der Waals surface area (Å²) in [5.41, 5.74) is 1.46. The predicted molar refractivity (Wildman–Crippen MR) is 55.9 cm³/mol. The fourth-order valence-corrected chi connectivity index (χ4v) is 1.41. The first-order valence-electron chi connectivity index (χ1n) is 4.88. The van der Waals surface area contributed by atoms with Crippen molar-refractivity contribution in [1.29, 1.82) is 0 Å². The van der Waals surface area contributed by atoms with Crippen molar-refractivity contribution in [3.63, 3.8) is 0 Å². The maximum Gasteiger partial charge on any atom is 0.352 e. The van der Waals surface area contributed by atoms with Crippen LogP contribution in [-0.2, 0) is 0 Å². The number of hydrogen-bond donors (Lipinski definition) is 1. The van der Waals surface area contributed by atoms with Crippen molar-refractivity contribution in [2.24, 2.45) is 0 Å². The third-order valence-electron chi connectivity index (χ3n) is 2.31. The second kappa shape index (κ2) is 3.86. The zero-order chi connectivity index (χ0) is 10.9. The van der Waals surface area contributed by atoms with Crippen molar-refractivity contribution in [1.82, 2.24) is 4.57 Å². The van der Waals surface area contributed by atoms with E-state index < -0.39 is 5.97 Å². The van der Waals surface area contributed by atoms with Gasteiger partial charge in [0.2, 0.25) is 0 Å². The molecule has 0 aromatic carbocycles. The van der Waals surface area contributed by atoms with Crippen molar-refractivity contribution < 1.29 is 9.90 Å². The third kappa shape index (κ3) is 1.97. The van der Waals surface area contributed by atoms with Gasteiger partial charge in [0.15, 0.2) is 0 Å². The first kappa shape index (κ1) is 10.8. The van der Waals surface area contributed by atoms with E-state index in [-0.39, 0.29) is 6.04 Å². The summed E-state index contributed by atoms with van der Waals surface area (Å²) in [4.78, 5) is 10.9. The Hall–Kier alpha value is -1.25. The van der Waals surface area contributed by atoms with Gasteiger partial charge in [0.25, 0.3) is 0 Å². The molecular weight excluding hydrogens is 178 g/mol. The Kier molecular flexibility index (Phi) is 2.99. The molecule has 0 saturated heterocycles. The molecule has 14 heavy (non-hydrogen) atoms. The molecule has 3 nitrogen and oxygen atoms in total. The maximum atomic E-state index is 10.9. The third-order valence-corrected chi connectivity index (χ3v) is 2.31. The topological polar surface area (TPSA) is 42.2 Å². The quantitative estimate of drug-likeness (QED) is 0.805. The average molecular weight is 195 g/mol. The van der Waals surface area contributed by atoms with E-state index in [1.54, 1.807) is 10.6 Å². The van der Waals surface area contributed by atoms with Crippen molar-refractivity contribution in [2.75, 3.05) is 0 Å². The van der Waals surface area contributed by atoms with Gasteiger partial charge in [-0.1, -0.05) is 13.8 Å². The molecule has 1 rings (SSSR count). The summed E-state index contributed by atoms with van der Waals surface area (Å²) in [5, 5.41) is 8.99. The first-order valence-corrected chi connectivity index (χ1v) is 4.88. The Morgan fingerprint density at radius 3 is 2.21 bits per heavy atom. The minimum Gasteiger partial charge on any atom is -0.477 e. The van der Waals surface area contributed by atoms with Gasteiger partial charge in [-0.15, -0.1) is 0 Å². The van der Waals surface area contributed by atoms with Crippen LogP contribution >= 0.6 is 0 Å². The van der Waals surface area contributed by atoms with E-state index in [0.717, 1.165) is 5.56 Å². The van der Waals surface area contributed by atoms with E-state index >= 15 is 0 Å². The molecule has 0 spiro atoms. The molecule has 0 saturated carbocycles. The van der Waals surface area contributed by atoms with Crippen molar-refractivity contribution >= 4 is 5.97 Å². The van der Waals surface area contributed by atoms with Gasteiger partial charge < -0.3 is 9.67 Å². The lowest BCUT2D eigenvalue weighted by molar-refractivity contribution is 0.0683. The van der Waals surface area contributed by atoms with Crippen LogP contribution < -0.4 is 0 Å². The Labute approximate surface area is 84.4 Å². The number of carboxylic acid groups (broad SMARTS) is 1. The van der Waals surface area contributed by atoms with E-state index in [0.29, 0.717) is 11.6 Å². The van der Waals surface area contributed by atoms with Gasteiger partial charge in [-0.3, -0.25) is 0 Å². The van der Waals surface area contributed by atoms with Crippen LogP contribution in [0.5, 0.6) is 0 Å². The second-order valence-corrected chi connectivity index (χ2v) is 4.12. The standard InChI is InChI=1S/C11H17NO2/c1-7(2)9-5-10(11(13)14)12(6-9)8(3)4/h5-8H,1-4H3,(H,13,14). The lowest BCUT2D eigenvalue weighted by atomic mass is 10.1. The van der Waals surface area contributed by atoms with Crippen LogP contribution in [0.4, 0.5) is 0 Å². The minimum atomic E-state index is -0.856. The number of carboxylic acids is 1. The van der Waals surface area contributed by atoms with Gasteiger partial charge in [0, 0.05) is 12.2 Å². The molecule has 0 aliphatic heterocycles. The lowest BCUT2D eigenvalue weighted by Gasteiger charge is -2.09. The predicted octanol–water partition coefficient (Wildman–Crippen LogP) is 2.89. The van der Waals surface area contributed by atoms with E-state index in [2.05, 4.69) is 13.8 Å². The zero-order valence-electron chi connectivity index (χ0n) is 9.11. The summed E-state index contributed by atoms with van der Waals surface area (Å²) < 4.78 is 1.80. The Balaban J connectivity index is 3.19. The van der Waals surface area contributed by atoms with Crippen LogP contribution in [0.25, 0.3) is 0 Å². The van der Waals surface area contributed by atoms with Gasteiger partial charge >= 0.3 is 5.97 Å². The molecule has 0 radical (unpaired) electrons. The van der Waals surface area contributed by atoms with Crippen LogP contribution in [0.2, 0.25) is 0 Å². The molecule has 3 heteroatoms. The zero-order valence-corrected chi connectivity index (χ0v) is 9.11. The Bertz CT molecular complexity index is 337. The number of nitrogens with zero attached hydrogens (tertiary/aromatic N) is 1. The molecule has 0 amide bonds. The molecule has 1 aromatic heterocycles. The summed E-state index contributed by atoms with van der Waals surface area (Å²) >= 11 is 0. The molecule has 0 unspecified atom stereocenters. The van der Waals surface area contributed by atoms with E-state index in [4.69, 9.17) is 5.11 Å². The molecular formula is C11H17NO2. The Morgan fingerprint density at radius 2 is 1.93 bits per heavy atom. The fourth-order valence-electron chi connectivity index (χ4n) is 1.41. The average Bonchev–Trinajstić information content (AvgIpc) is 2.47. The van der Waals surface area contributed by atoms with Crippen LogP contribution in [0.1, 0.15) is 55.7 Å². The van der Waals surface area contributed by atoms with Gasteiger partial charge in [-0.25, -0.2) is 4.79 Å². The largest absolute Gasteiger partial charge is 0.477 e. The molecule has 78 valence electrons. The lowest BCUT2D eigenvalue weighted by Crippen LogP contribution is -2.09. The van der Waals surface area contributed by atoms with Gasteiger partial charge in [0.1, 0.15) is 5.69 Å². The SMILES string of the molecule is CC(C)c1cc(C(=O)O)n(C(C)C)c1. The summed E-state index contributed by atoms with van der Waals surface area (Å²) in [6.07, 6.45) is 1.93. The van der Waals surface area contributed by atoms with Crippen molar-refractivity contribution in [2.45, 2.75) is 39.7 Å². The monoisotopic (exact) mass is 195 g/mol.